The zero-order valence-electron chi connectivity index (χ0n) is 19.7. The molecular formula is C25H24Cl2N6O3. The van der Waals surface area contributed by atoms with Crippen LogP contribution in [0, 0.1) is 6.92 Å². The summed E-state index contributed by atoms with van der Waals surface area (Å²) in [6.45, 7) is 6.40. The van der Waals surface area contributed by atoms with Gasteiger partial charge in [-0.15, -0.1) is 0 Å². The third kappa shape index (κ3) is 4.34. The fraction of sp³-hybridized carbons (Fsp3) is 0.280. The first-order valence-electron chi connectivity index (χ1n) is 11.3. The van der Waals surface area contributed by atoms with Gasteiger partial charge < -0.3 is 20.1 Å². The Kier molecular flexibility index (Phi) is 6.70. The molecule has 9 nitrogen and oxygen atoms in total. The number of hydrogen-bond donors (Lipinski definition) is 2. The van der Waals surface area contributed by atoms with Gasteiger partial charge in [-0.1, -0.05) is 29.8 Å². The van der Waals surface area contributed by atoms with Crippen LogP contribution in [0.15, 0.2) is 43.4 Å². The minimum atomic E-state index is -0.231. The lowest BCUT2D eigenvalue weighted by Crippen LogP contribution is -2.52. The second-order valence-corrected chi connectivity index (χ2v) is 9.24. The number of methoxy groups -OCH3 is 1. The molecular weight excluding hydrogens is 503 g/mol. The second kappa shape index (κ2) is 9.93. The molecule has 11 heteroatoms. The molecule has 1 aromatic carbocycles. The lowest BCUT2D eigenvalue weighted by atomic mass is 10.0. The molecule has 2 N–H and O–H groups in total. The predicted molar refractivity (Wildman–Crippen MR) is 140 cm³/mol. The van der Waals surface area contributed by atoms with Gasteiger partial charge in [0.1, 0.15) is 11.4 Å². The maximum absolute atomic E-state index is 11.9. The van der Waals surface area contributed by atoms with E-state index in [1.165, 1.54) is 6.08 Å². The van der Waals surface area contributed by atoms with Gasteiger partial charge in [0.25, 0.3) is 0 Å². The molecule has 0 bridgehead atoms. The highest BCUT2D eigenvalue weighted by Crippen LogP contribution is 2.44. The van der Waals surface area contributed by atoms with Crippen molar-refractivity contribution in [2.45, 2.75) is 25.4 Å². The van der Waals surface area contributed by atoms with Crippen LogP contribution >= 0.6 is 23.2 Å². The van der Waals surface area contributed by atoms with E-state index < -0.39 is 0 Å². The van der Waals surface area contributed by atoms with Gasteiger partial charge >= 0.3 is 0 Å². The number of ether oxygens (including phenoxy) is 2. The van der Waals surface area contributed by atoms with E-state index in [2.05, 4.69) is 27.2 Å². The van der Waals surface area contributed by atoms with Gasteiger partial charge in [-0.05, 0) is 37.1 Å². The van der Waals surface area contributed by atoms with Crippen LogP contribution in [-0.2, 0) is 9.53 Å². The van der Waals surface area contributed by atoms with Crippen molar-refractivity contribution in [1.82, 2.24) is 24.7 Å². The van der Waals surface area contributed by atoms with Crippen LogP contribution in [0.4, 0.5) is 5.95 Å². The average molecular weight is 527 g/mol. The Balaban J connectivity index is 1.57. The fourth-order valence-electron chi connectivity index (χ4n) is 4.41. The topological polar surface area (TPSA) is 103 Å². The molecule has 1 fully saturated rings. The van der Waals surface area contributed by atoms with Crippen LogP contribution in [-0.4, -0.2) is 57.7 Å². The lowest BCUT2D eigenvalue weighted by Gasteiger charge is -2.32. The molecule has 1 amide bonds. The molecule has 0 unspecified atom stereocenters. The molecule has 36 heavy (non-hydrogen) atoms. The van der Waals surface area contributed by atoms with Crippen molar-refractivity contribution in [3.63, 3.8) is 0 Å². The number of amides is 1. The van der Waals surface area contributed by atoms with Crippen LogP contribution in [0.1, 0.15) is 12.0 Å². The van der Waals surface area contributed by atoms with Gasteiger partial charge in [0, 0.05) is 41.7 Å². The Hall–Kier alpha value is -3.40. The number of fused-ring (bicyclic) bond motifs is 3. The van der Waals surface area contributed by atoms with Gasteiger partial charge in [0.15, 0.2) is 5.65 Å². The molecule has 0 radical (unpaired) electrons. The Bertz CT molecular complexity index is 1490. The molecule has 0 saturated carbocycles. The van der Waals surface area contributed by atoms with Crippen molar-refractivity contribution >= 4 is 51.7 Å². The molecule has 3 aromatic heterocycles. The Labute approximate surface area is 217 Å². The molecule has 5 rings (SSSR count). The van der Waals surface area contributed by atoms with Crippen molar-refractivity contribution in [3.8, 4) is 16.9 Å². The van der Waals surface area contributed by atoms with Crippen molar-refractivity contribution in [1.29, 1.82) is 0 Å². The fourth-order valence-corrected chi connectivity index (χ4v) is 5.04. The number of carbonyl (C=O) groups is 1. The number of pyridine rings is 1. The summed E-state index contributed by atoms with van der Waals surface area (Å²) in [7, 11) is 1.57. The van der Waals surface area contributed by atoms with Crippen LogP contribution in [0.2, 0.25) is 10.0 Å². The molecule has 1 aliphatic rings. The van der Waals surface area contributed by atoms with Gasteiger partial charge in [0.2, 0.25) is 11.9 Å². The quantitative estimate of drug-likeness (QED) is 0.358. The molecule has 2 atom stereocenters. The molecule has 0 spiro atoms. The summed E-state index contributed by atoms with van der Waals surface area (Å²) in [5.74, 6) is 0.708. The highest BCUT2D eigenvalue weighted by Gasteiger charge is 2.28. The molecule has 4 aromatic rings. The van der Waals surface area contributed by atoms with Crippen molar-refractivity contribution in [3.05, 3.63) is 59.0 Å². The molecule has 1 aliphatic heterocycles. The van der Waals surface area contributed by atoms with Crippen LogP contribution in [0.5, 0.6) is 5.75 Å². The normalized spacial score (nSPS) is 17.8. The number of rotatable bonds is 6. The largest absolute Gasteiger partial charge is 0.495 e. The SMILES string of the molecule is C=CC(=O)N[C@H]1CCOC[C@H]1Nc1ncc2cc(-c3c(Cl)c(C)cc(OC)c3Cl)c3nccn3c2n1. The van der Waals surface area contributed by atoms with E-state index in [0.29, 0.717) is 58.2 Å². The number of nitrogens with zero attached hydrogens (tertiary/aromatic N) is 4. The van der Waals surface area contributed by atoms with Gasteiger partial charge in [-0.2, -0.15) is 4.98 Å². The third-order valence-electron chi connectivity index (χ3n) is 6.23. The van der Waals surface area contributed by atoms with E-state index in [4.69, 9.17) is 37.7 Å². The highest BCUT2D eigenvalue weighted by molar-refractivity contribution is 6.41. The number of aryl methyl sites for hydroxylation is 1. The van der Waals surface area contributed by atoms with E-state index in [1.54, 1.807) is 25.6 Å². The summed E-state index contributed by atoms with van der Waals surface area (Å²) in [6.07, 6.45) is 7.17. The minimum absolute atomic E-state index is 0.139. The molecule has 1 saturated heterocycles. The van der Waals surface area contributed by atoms with Gasteiger partial charge in [-0.3, -0.25) is 9.20 Å². The highest BCUT2D eigenvalue weighted by atomic mass is 35.5. The van der Waals surface area contributed by atoms with Crippen molar-refractivity contribution < 1.29 is 14.3 Å². The maximum Gasteiger partial charge on any atom is 0.243 e. The minimum Gasteiger partial charge on any atom is -0.495 e. The average Bonchev–Trinajstić information content (AvgIpc) is 3.38. The number of aromatic nitrogens is 4. The first kappa shape index (κ1) is 24.3. The van der Waals surface area contributed by atoms with E-state index in [0.717, 1.165) is 16.5 Å². The van der Waals surface area contributed by atoms with Crippen LogP contribution < -0.4 is 15.4 Å². The summed E-state index contributed by atoms with van der Waals surface area (Å²) in [4.78, 5) is 25.7. The van der Waals surface area contributed by atoms with Gasteiger partial charge in [-0.25, -0.2) is 9.97 Å². The second-order valence-electron chi connectivity index (χ2n) is 8.48. The number of halogens is 2. The predicted octanol–water partition coefficient (Wildman–Crippen LogP) is 4.44. The number of anilines is 1. The maximum atomic E-state index is 11.9. The Morgan fingerprint density at radius 2 is 2.08 bits per heavy atom. The smallest absolute Gasteiger partial charge is 0.243 e. The molecule has 186 valence electrons. The summed E-state index contributed by atoms with van der Waals surface area (Å²) < 4.78 is 12.9. The third-order valence-corrected chi connectivity index (χ3v) is 7.09. The Morgan fingerprint density at radius 3 is 2.86 bits per heavy atom. The summed E-state index contributed by atoms with van der Waals surface area (Å²) in [5, 5.41) is 7.95. The van der Waals surface area contributed by atoms with Crippen molar-refractivity contribution in [2.24, 2.45) is 0 Å². The number of imidazole rings is 1. The first-order chi connectivity index (χ1) is 17.4. The van der Waals surface area contributed by atoms with E-state index in [9.17, 15) is 4.79 Å². The monoisotopic (exact) mass is 526 g/mol. The summed E-state index contributed by atoms with van der Waals surface area (Å²) in [5.41, 5.74) is 3.50. The Morgan fingerprint density at radius 1 is 1.25 bits per heavy atom. The molecule has 0 aliphatic carbocycles. The van der Waals surface area contributed by atoms with E-state index in [-0.39, 0.29) is 18.0 Å². The zero-order valence-corrected chi connectivity index (χ0v) is 21.2. The number of hydrogen-bond acceptors (Lipinski definition) is 7. The number of carbonyl (C=O) groups excluding carboxylic acids is 1. The van der Waals surface area contributed by atoms with Crippen molar-refractivity contribution in [2.75, 3.05) is 25.6 Å². The lowest BCUT2D eigenvalue weighted by molar-refractivity contribution is -0.117. The van der Waals surface area contributed by atoms with Crippen LogP contribution in [0.3, 0.4) is 0 Å². The van der Waals surface area contributed by atoms with E-state index >= 15 is 0 Å². The number of benzene rings is 1. The standard InChI is InChI=1S/C25H24Cl2N6O3/c1-4-19(34)30-16-5-8-36-12-17(16)31-25-29-11-14-10-15(24-28-6-7-33(24)23(14)32-25)20-21(26)13(2)9-18(35-3)22(20)27/h4,6-7,9-11,16-17H,1,5,8,12H2,2-3H3,(H,30,34)(H,29,31,32)/t16-,17+/m0/s1. The van der Waals surface area contributed by atoms with Crippen LogP contribution in [0.25, 0.3) is 27.8 Å². The zero-order chi connectivity index (χ0) is 25.4. The summed E-state index contributed by atoms with van der Waals surface area (Å²) >= 11 is 13.4. The molecule has 4 heterocycles. The number of nitrogens with one attached hydrogen (secondary N) is 2. The van der Waals surface area contributed by atoms with Gasteiger partial charge in [0.05, 0.1) is 35.8 Å². The summed E-state index contributed by atoms with van der Waals surface area (Å²) in [6, 6.07) is 3.39. The first-order valence-corrected chi connectivity index (χ1v) is 12.1. The van der Waals surface area contributed by atoms with E-state index in [1.807, 2.05) is 23.6 Å².